The third-order valence-electron chi connectivity index (χ3n) is 4.63. The largest absolute Gasteiger partial charge is 0.340 e. The average molecular weight is 418 g/mol. The molecule has 0 bridgehead atoms. The second-order valence-electron chi connectivity index (χ2n) is 6.62. The summed E-state index contributed by atoms with van der Waals surface area (Å²) in [6.07, 6.45) is 5.07. The third-order valence-corrected chi connectivity index (χ3v) is 5.24. The number of rotatable bonds is 4. The van der Waals surface area contributed by atoms with Crippen LogP contribution in [0.4, 0.5) is 4.39 Å². The number of fused-ring (bicyclic) bond motifs is 1. The number of benzene rings is 1. The van der Waals surface area contributed by atoms with Gasteiger partial charge in [-0.1, -0.05) is 0 Å². The van der Waals surface area contributed by atoms with Gasteiger partial charge >= 0.3 is 0 Å². The van der Waals surface area contributed by atoms with Gasteiger partial charge in [0.1, 0.15) is 17.3 Å². The minimum Gasteiger partial charge on any atom is -0.340 e. The number of hydrogen-bond donors (Lipinski definition) is 1. The zero-order valence-electron chi connectivity index (χ0n) is 14.3. The lowest BCUT2D eigenvalue weighted by Gasteiger charge is -2.18. The Morgan fingerprint density at radius 1 is 1.35 bits per heavy atom. The Morgan fingerprint density at radius 3 is 2.77 bits per heavy atom. The molecule has 1 amide bonds. The Hall–Kier alpha value is -2.35. The SMILES string of the molecule is Cc1cnc(C(=O)N[C@H](c2nc3cc(Br)c(F)cc3n2C)C2CC2)cn1. The third kappa shape index (κ3) is 3.09. The van der Waals surface area contributed by atoms with Crippen LogP contribution in [-0.4, -0.2) is 25.4 Å². The zero-order chi connectivity index (χ0) is 18.4. The molecule has 3 aromatic rings. The predicted molar refractivity (Wildman–Crippen MR) is 98.1 cm³/mol. The number of imidazole rings is 1. The highest BCUT2D eigenvalue weighted by Crippen LogP contribution is 2.41. The van der Waals surface area contributed by atoms with Crippen molar-refractivity contribution in [2.75, 3.05) is 0 Å². The van der Waals surface area contributed by atoms with Gasteiger partial charge in [-0.05, 0) is 47.7 Å². The molecular formula is C18H17BrFN5O. The van der Waals surface area contributed by atoms with Crippen molar-refractivity contribution in [3.8, 4) is 0 Å². The van der Waals surface area contributed by atoms with E-state index >= 15 is 0 Å². The fourth-order valence-corrected chi connectivity index (χ4v) is 3.36. The number of amides is 1. The first-order valence-electron chi connectivity index (χ1n) is 8.35. The summed E-state index contributed by atoms with van der Waals surface area (Å²) in [5, 5.41) is 3.03. The number of carbonyl (C=O) groups is 1. The molecule has 4 rings (SSSR count). The molecule has 1 fully saturated rings. The normalized spacial score (nSPS) is 15.2. The molecule has 0 unspecified atom stereocenters. The number of aryl methyl sites for hydroxylation is 2. The molecule has 1 saturated carbocycles. The van der Waals surface area contributed by atoms with Crippen molar-refractivity contribution >= 4 is 32.9 Å². The lowest BCUT2D eigenvalue weighted by Crippen LogP contribution is -2.32. The molecule has 134 valence electrons. The molecule has 0 saturated heterocycles. The molecule has 6 nitrogen and oxygen atoms in total. The first-order chi connectivity index (χ1) is 12.4. The highest BCUT2D eigenvalue weighted by Gasteiger charge is 2.36. The Labute approximate surface area is 158 Å². The Balaban J connectivity index is 1.69. The van der Waals surface area contributed by atoms with Crippen LogP contribution in [0.5, 0.6) is 0 Å². The van der Waals surface area contributed by atoms with Crippen LogP contribution < -0.4 is 5.32 Å². The maximum absolute atomic E-state index is 13.9. The highest BCUT2D eigenvalue weighted by molar-refractivity contribution is 9.10. The summed E-state index contributed by atoms with van der Waals surface area (Å²) < 4.78 is 16.1. The number of nitrogens with zero attached hydrogens (tertiary/aromatic N) is 4. The lowest BCUT2D eigenvalue weighted by molar-refractivity contribution is 0.0923. The Bertz CT molecular complexity index is 997. The van der Waals surface area contributed by atoms with Gasteiger partial charge in [0.15, 0.2) is 0 Å². The van der Waals surface area contributed by atoms with Crippen molar-refractivity contribution < 1.29 is 9.18 Å². The molecule has 2 heterocycles. The average Bonchev–Trinajstić information content (AvgIpc) is 3.41. The molecule has 0 spiro atoms. The molecule has 0 radical (unpaired) electrons. The van der Waals surface area contributed by atoms with Crippen molar-refractivity contribution in [1.29, 1.82) is 0 Å². The van der Waals surface area contributed by atoms with E-state index in [1.165, 1.54) is 12.3 Å². The van der Waals surface area contributed by atoms with Crippen LogP contribution in [0.2, 0.25) is 0 Å². The lowest BCUT2D eigenvalue weighted by atomic mass is 10.1. The quantitative estimate of drug-likeness (QED) is 0.705. The van der Waals surface area contributed by atoms with Crippen molar-refractivity contribution in [1.82, 2.24) is 24.8 Å². The standard InChI is InChI=1S/C18H17BrFN5O/c1-9-7-22-14(8-21-9)18(26)24-16(10-3-4-10)17-23-13-5-11(19)12(20)6-15(13)25(17)2/h5-8,10,16H,3-4H2,1-2H3,(H,24,26)/t16-/m0/s1. The number of halogens is 2. The molecule has 2 aromatic heterocycles. The van der Waals surface area contributed by atoms with Gasteiger partial charge in [-0.15, -0.1) is 0 Å². The molecule has 26 heavy (non-hydrogen) atoms. The first kappa shape index (κ1) is 17.1. The van der Waals surface area contributed by atoms with Gasteiger partial charge in [-0.2, -0.15) is 0 Å². The summed E-state index contributed by atoms with van der Waals surface area (Å²) in [4.78, 5) is 25.5. The van der Waals surface area contributed by atoms with Gasteiger partial charge in [0.05, 0.1) is 33.4 Å². The van der Waals surface area contributed by atoms with Crippen molar-refractivity contribution in [3.63, 3.8) is 0 Å². The van der Waals surface area contributed by atoms with E-state index in [0.29, 0.717) is 27.2 Å². The van der Waals surface area contributed by atoms with Gasteiger partial charge in [0, 0.05) is 19.3 Å². The van der Waals surface area contributed by atoms with E-state index in [0.717, 1.165) is 18.5 Å². The monoisotopic (exact) mass is 417 g/mol. The van der Waals surface area contributed by atoms with Gasteiger partial charge in [-0.25, -0.2) is 14.4 Å². The molecule has 0 aliphatic heterocycles. The van der Waals surface area contributed by atoms with E-state index in [9.17, 15) is 9.18 Å². The van der Waals surface area contributed by atoms with Gasteiger partial charge in [-0.3, -0.25) is 9.78 Å². The van der Waals surface area contributed by atoms with Gasteiger partial charge in [0.25, 0.3) is 5.91 Å². The Morgan fingerprint density at radius 2 is 2.12 bits per heavy atom. The summed E-state index contributed by atoms with van der Waals surface area (Å²) in [6.45, 7) is 1.82. The van der Waals surface area contributed by atoms with Crippen LogP contribution in [0.15, 0.2) is 29.0 Å². The fraction of sp³-hybridized carbons (Fsp3) is 0.333. The van der Waals surface area contributed by atoms with Gasteiger partial charge in [0.2, 0.25) is 0 Å². The maximum Gasteiger partial charge on any atom is 0.272 e. The van der Waals surface area contributed by atoms with Crippen LogP contribution in [0.25, 0.3) is 11.0 Å². The van der Waals surface area contributed by atoms with E-state index in [1.54, 1.807) is 12.3 Å². The molecule has 1 atom stereocenters. The van der Waals surface area contributed by atoms with E-state index in [2.05, 4.69) is 36.2 Å². The van der Waals surface area contributed by atoms with Crippen LogP contribution >= 0.6 is 15.9 Å². The number of hydrogen-bond acceptors (Lipinski definition) is 4. The molecule has 1 aromatic carbocycles. The van der Waals surface area contributed by atoms with E-state index in [4.69, 9.17) is 0 Å². The van der Waals surface area contributed by atoms with E-state index in [1.807, 2.05) is 18.5 Å². The van der Waals surface area contributed by atoms with Crippen molar-refractivity contribution in [2.24, 2.45) is 13.0 Å². The fourth-order valence-electron chi connectivity index (χ4n) is 3.03. The highest BCUT2D eigenvalue weighted by atomic mass is 79.9. The van der Waals surface area contributed by atoms with Crippen LogP contribution in [-0.2, 0) is 7.05 Å². The van der Waals surface area contributed by atoms with E-state index < -0.39 is 0 Å². The second kappa shape index (κ2) is 6.42. The molecule has 8 heteroatoms. The topological polar surface area (TPSA) is 72.7 Å². The minimum absolute atomic E-state index is 0.246. The summed E-state index contributed by atoms with van der Waals surface area (Å²) in [5.41, 5.74) is 2.40. The van der Waals surface area contributed by atoms with Crippen LogP contribution in [0, 0.1) is 18.7 Å². The summed E-state index contributed by atoms with van der Waals surface area (Å²) in [5.74, 6) is 0.414. The molecule has 1 N–H and O–H groups in total. The summed E-state index contributed by atoms with van der Waals surface area (Å²) >= 11 is 3.20. The van der Waals surface area contributed by atoms with Crippen LogP contribution in [0.3, 0.4) is 0 Å². The van der Waals surface area contributed by atoms with Crippen LogP contribution in [0.1, 0.15) is 40.9 Å². The Kier molecular flexibility index (Phi) is 4.22. The van der Waals surface area contributed by atoms with E-state index in [-0.39, 0.29) is 23.5 Å². The van der Waals surface area contributed by atoms with Crippen molar-refractivity contribution in [2.45, 2.75) is 25.8 Å². The second-order valence-corrected chi connectivity index (χ2v) is 7.47. The first-order valence-corrected chi connectivity index (χ1v) is 9.14. The van der Waals surface area contributed by atoms with Gasteiger partial charge < -0.3 is 9.88 Å². The predicted octanol–water partition coefficient (Wildman–Crippen LogP) is 3.45. The number of nitrogens with one attached hydrogen (secondary N) is 1. The molecular weight excluding hydrogens is 401 g/mol. The molecule has 1 aliphatic carbocycles. The number of carbonyl (C=O) groups excluding carboxylic acids is 1. The summed E-state index contributed by atoms with van der Waals surface area (Å²) in [6, 6.07) is 2.86. The number of aromatic nitrogens is 4. The maximum atomic E-state index is 13.9. The summed E-state index contributed by atoms with van der Waals surface area (Å²) in [7, 11) is 1.84. The molecule has 1 aliphatic rings. The smallest absolute Gasteiger partial charge is 0.272 e. The minimum atomic E-state index is -0.339. The van der Waals surface area contributed by atoms with Crippen molar-refractivity contribution in [3.05, 3.63) is 52.0 Å². The zero-order valence-corrected chi connectivity index (χ0v) is 15.9.